The Morgan fingerprint density at radius 3 is 1.78 bits per heavy atom. The highest BCUT2D eigenvalue weighted by Gasteiger charge is 2.71. The second-order valence-electron chi connectivity index (χ2n) is 4.90. The number of halogens is 6. The van der Waals surface area contributed by atoms with Crippen molar-refractivity contribution in [1.82, 2.24) is 0 Å². The minimum Gasteiger partial charge on any atom is -0.483 e. The molecule has 1 amide bonds. The zero-order chi connectivity index (χ0) is 18.2. The average molecular weight is 345 g/mol. The molecule has 0 bridgehead atoms. The van der Waals surface area contributed by atoms with Gasteiger partial charge in [0.05, 0.1) is 0 Å². The first-order valence-corrected chi connectivity index (χ1v) is 6.10. The van der Waals surface area contributed by atoms with Crippen LogP contribution in [0.4, 0.5) is 26.3 Å². The van der Waals surface area contributed by atoms with Crippen LogP contribution in [0.15, 0.2) is 12.1 Å². The van der Waals surface area contributed by atoms with Gasteiger partial charge in [-0.3, -0.25) is 4.79 Å². The molecule has 0 spiro atoms. The van der Waals surface area contributed by atoms with Gasteiger partial charge in [0.2, 0.25) is 0 Å². The summed E-state index contributed by atoms with van der Waals surface area (Å²) in [5.74, 6) is -0.950. The van der Waals surface area contributed by atoms with Crippen LogP contribution in [0.3, 0.4) is 0 Å². The summed E-state index contributed by atoms with van der Waals surface area (Å²) < 4.78 is 82.0. The van der Waals surface area contributed by atoms with Crippen molar-refractivity contribution in [2.75, 3.05) is 6.61 Å². The average Bonchev–Trinajstić information content (AvgIpc) is 2.33. The summed E-state index contributed by atoms with van der Waals surface area (Å²) in [6, 6.07) is 1.01. The van der Waals surface area contributed by atoms with Crippen molar-refractivity contribution in [3.05, 3.63) is 28.8 Å². The van der Waals surface area contributed by atoms with Crippen molar-refractivity contribution in [2.24, 2.45) is 5.73 Å². The van der Waals surface area contributed by atoms with Gasteiger partial charge in [-0.25, -0.2) is 0 Å². The lowest BCUT2D eigenvalue weighted by atomic mass is 9.89. The maximum atomic E-state index is 12.8. The van der Waals surface area contributed by atoms with Gasteiger partial charge in [0.15, 0.2) is 6.61 Å². The summed E-state index contributed by atoms with van der Waals surface area (Å²) in [6.07, 6.45) is -11.9. The molecule has 0 saturated heterocycles. The lowest BCUT2D eigenvalue weighted by Crippen LogP contribution is -2.54. The Labute approximate surface area is 126 Å². The topological polar surface area (TPSA) is 72.6 Å². The Hall–Kier alpha value is -1.97. The first kappa shape index (κ1) is 19.1. The number of amides is 1. The van der Waals surface area contributed by atoms with Gasteiger partial charge in [-0.1, -0.05) is 0 Å². The minimum atomic E-state index is -5.97. The van der Waals surface area contributed by atoms with Crippen LogP contribution in [0.25, 0.3) is 0 Å². The molecular formula is C13H13F6NO3. The number of hydrogen-bond donors (Lipinski definition) is 2. The van der Waals surface area contributed by atoms with E-state index in [1.165, 1.54) is 13.8 Å². The highest BCUT2D eigenvalue weighted by atomic mass is 19.4. The lowest BCUT2D eigenvalue weighted by Gasteiger charge is -2.33. The van der Waals surface area contributed by atoms with E-state index in [1.54, 1.807) is 0 Å². The second kappa shape index (κ2) is 5.91. The fourth-order valence-corrected chi connectivity index (χ4v) is 2.02. The van der Waals surface area contributed by atoms with Crippen LogP contribution < -0.4 is 10.5 Å². The molecule has 0 heterocycles. The highest BCUT2D eigenvalue weighted by molar-refractivity contribution is 5.75. The summed E-state index contributed by atoms with van der Waals surface area (Å²) in [4.78, 5) is 10.6. The molecule has 1 aromatic rings. The molecule has 4 nitrogen and oxygen atoms in total. The predicted molar refractivity (Wildman–Crippen MR) is 66.6 cm³/mol. The summed E-state index contributed by atoms with van der Waals surface area (Å²) >= 11 is 0. The molecular weight excluding hydrogens is 332 g/mol. The Bertz CT molecular complexity index is 572. The van der Waals surface area contributed by atoms with E-state index in [1.807, 2.05) is 0 Å². The molecule has 0 aromatic heterocycles. The van der Waals surface area contributed by atoms with Gasteiger partial charge >= 0.3 is 12.4 Å². The van der Waals surface area contributed by atoms with Crippen LogP contribution in [0, 0.1) is 13.8 Å². The zero-order valence-corrected chi connectivity index (χ0v) is 12.0. The van der Waals surface area contributed by atoms with Crippen molar-refractivity contribution in [3.63, 3.8) is 0 Å². The molecule has 0 aliphatic heterocycles. The SMILES string of the molecule is Cc1cc(C(O)(C(F)(F)F)C(F)(F)F)cc(C)c1OCC(N)=O. The van der Waals surface area contributed by atoms with Crippen LogP contribution in [0.2, 0.25) is 0 Å². The molecule has 0 aliphatic carbocycles. The number of hydrogen-bond acceptors (Lipinski definition) is 3. The molecule has 1 aromatic carbocycles. The van der Waals surface area contributed by atoms with Crippen molar-refractivity contribution in [1.29, 1.82) is 0 Å². The number of primary amides is 1. The number of nitrogens with two attached hydrogens (primary N) is 1. The third kappa shape index (κ3) is 3.52. The fraction of sp³-hybridized carbons (Fsp3) is 0.462. The normalized spacial score (nSPS) is 13.1. The van der Waals surface area contributed by atoms with E-state index in [0.717, 1.165) is 0 Å². The first-order chi connectivity index (χ1) is 10.2. The maximum Gasteiger partial charge on any atom is 0.430 e. The van der Waals surface area contributed by atoms with Crippen LogP contribution in [0.5, 0.6) is 5.75 Å². The van der Waals surface area contributed by atoms with E-state index >= 15 is 0 Å². The molecule has 0 saturated carbocycles. The Kier molecular flexibility index (Phi) is 4.90. The van der Waals surface area contributed by atoms with Gasteiger partial charge in [0, 0.05) is 5.56 Å². The van der Waals surface area contributed by atoms with Crippen LogP contribution in [-0.2, 0) is 10.4 Å². The van der Waals surface area contributed by atoms with E-state index in [4.69, 9.17) is 10.5 Å². The smallest absolute Gasteiger partial charge is 0.430 e. The van der Waals surface area contributed by atoms with Crippen molar-refractivity contribution in [3.8, 4) is 5.75 Å². The molecule has 0 aliphatic rings. The van der Waals surface area contributed by atoms with Crippen molar-refractivity contribution in [2.45, 2.75) is 31.8 Å². The summed E-state index contributed by atoms with van der Waals surface area (Å²) in [5.41, 5.74) is -1.79. The monoisotopic (exact) mass is 345 g/mol. The number of aryl methyl sites for hydroxylation is 2. The van der Waals surface area contributed by atoms with E-state index in [-0.39, 0.29) is 16.9 Å². The van der Waals surface area contributed by atoms with Gasteiger partial charge in [-0.2, -0.15) is 26.3 Å². The van der Waals surface area contributed by atoms with Crippen molar-refractivity contribution >= 4 is 5.91 Å². The molecule has 1 rings (SSSR count). The quantitative estimate of drug-likeness (QED) is 0.824. The fourth-order valence-electron chi connectivity index (χ4n) is 2.02. The van der Waals surface area contributed by atoms with Gasteiger partial charge in [-0.05, 0) is 37.1 Å². The molecule has 130 valence electrons. The largest absolute Gasteiger partial charge is 0.483 e. The van der Waals surface area contributed by atoms with Gasteiger partial charge in [0.1, 0.15) is 5.75 Å². The Morgan fingerprint density at radius 2 is 1.48 bits per heavy atom. The number of rotatable bonds is 4. The molecule has 10 heteroatoms. The Morgan fingerprint density at radius 1 is 1.09 bits per heavy atom. The molecule has 23 heavy (non-hydrogen) atoms. The number of aliphatic hydroxyl groups is 1. The van der Waals surface area contributed by atoms with Crippen LogP contribution in [-0.4, -0.2) is 30.0 Å². The van der Waals surface area contributed by atoms with Crippen molar-refractivity contribution < 1.29 is 41.0 Å². The van der Waals surface area contributed by atoms with Gasteiger partial charge in [0.25, 0.3) is 11.5 Å². The molecule has 0 radical (unpaired) electrons. The number of alkyl halides is 6. The summed E-state index contributed by atoms with van der Waals surface area (Å²) in [7, 11) is 0. The summed E-state index contributed by atoms with van der Waals surface area (Å²) in [5, 5.41) is 9.35. The zero-order valence-electron chi connectivity index (χ0n) is 12.0. The number of ether oxygens (including phenoxy) is 1. The lowest BCUT2D eigenvalue weighted by molar-refractivity contribution is -0.376. The van der Waals surface area contributed by atoms with E-state index < -0.39 is 36.0 Å². The van der Waals surface area contributed by atoms with Gasteiger partial charge < -0.3 is 15.6 Å². The first-order valence-electron chi connectivity index (χ1n) is 6.10. The molecule has 0 unspecified atom stereocenters. The van der Waals surface area contributed by atoms with E-state index in [0.29, 0.717) is 12.1 Å². The van der Waals surface area contributed by atoms with E-state index in [2.05, 4.69) is 0 Å². The third-order valence-electron chi connectivity index (χ3n) is 3.06. The number of carbonyl (C=O) groups is 1. The molecule has 3 N–H and O–H groups in total. The maximum absolute atomic E-state index is 12.8. The van der Waals surface area contributed by atoms with Gasteiger partial charge in [-0.15, -0.1) is 0 Å². The predicted octanol–water partition coefficient (Wildman–Crippen LogP) is 2.48. The second-order valence-corrected chi connectivity index (χ2v) is 4.90. The number of carbonyl (C=O) groups excluding carboxylic acids is 1. The Balaban J connectivity index is 3.46. The highest BCUT2D eigenvalue weighted by Crippen LogP contribution is 2.50. The summed E-state index contributed by atoms with van der Waals surface area (Å²) in [6.45, 7) is 1.77. The minimum absolute atomic E-state index is 0.0840. The molecule has 0 atom stereocenters. The van der Waals surface area contributed by atoms with E-state index in [9.17, 15) is 36.2 Å². The van der Waals surface area contributed by atoms with Crippen LogP contribution >= 0.6 is 0 Å². The molecule has 0 fully saturated rings. The third-order valence-corrected chi connectivity index (χ3v) is 3.06. The number of benzene rings is 1. The van der Waals surface area contributed by atoms with Crippen LogP contribution in [0.1, 0.15) is 16.7 Å². The standard InChI is InChI=1S/C13H13F6NO3/c1-6-3-8(4-7(2)10(6)23-5-9(20)21)11(22,12(14,15)16)13(17,18)19/h3-4,22H,5H2,1-2H3,(H2,20,21).